The summed E-state index contributed by atoms with van der Waals surface area (Å²) in [7, 11) is 0. The topological polar surface area (TPSA) is 86.3 Å². The summed E-state index contributed by atoms with van der Waals surface area (Å²) in [6.45, 7) is 3.33. The zero-order valence-electron chi connectivity index (χ0n) is 16.3. The highest BCUT2D eigenvalue weighted by Crippen LogP contribution is 2.27. The maximum absolute atomic E-state index is 12.8. The molecule has 8 heteroatoms. The molecule has 7 nitrogen and oxygen atoms in total. The van der Waals surface area contributed by atoms with Gasteiger partial charge in [0.05, 0.1) is 32.7 Å². The van der Waals surface area contributed by atoms with E-state index in [1.807, 2.05) is 35.2 Å². The van der Waals surface area contributed by atoms with E-state index < -0.39 is 11.8 Å². The quantitative estimate of drug-likeness (QED) is 0.703. The number of nitrogens with two attached hydrogens (primary N) is 1. The largest absolute Gasteiger partial charge is 0.350 e. The van der Waals surface area contributed by atoms with Crippen LogP contribution in [0.3, 0.4) is 0 Å². The van der Waals surface area contributed by atoms with Gasteiger partial charge in [0.2, 0.25) is 0 Å². The summed E-state index contributed by atoms with van der Waals surface area (Å²) in [5.41, 5.74) is 1.91. The smallest absolute Gasteiger partial charge is 0.279 e. The van der Waals surface area contributed by atoms with E-state index in [-0.39, 0.29) is 23.2 Å². The van der Waals surface area contributed by atoms with Crippen LogP contribution in [-0.4, -0.2) is 53.7 Å². The van der Waals surface area contributed by atoms with Gasteiger partial charge in [-0.1, -0.05) is 48.0 Å². The predicted molar refractivity (Wildman–Crippen MR) is 113 cm³/mol. The van der Waals surface area contributed by atoms with Crippen LogP contribution in [0, 0.1) is 0 Å². The van der Waals surface area contributed by atoms with E-state index in [4.69, 9.17) is 11.6 Å². The molecule has 0 unspecified atom stereocenters. The first-order valence-electron chi connectivity index (χ1n) is 9.82. The van der Waals surface area contributed by atoms with Crippen LogP contribution in [0.2, 0.25) is 0 Å². The second-order valence-corrected chi connectivity index (χ2v) is 7.61. The number of imide groups is 1. The fraction of sp³-hybridized carbons (Fsp3) is 0.227. The molecule has 2 aliphatic heterocycles. The molecule has 0 atom stereocenters. The Bertz CT molecular complexity index is 1020. The standard InChI is InChI=1S/C22H21ClN4O3/c23-18-19(22(30)27(21(18)29)14-15-5-2-1-3-6-15)25-17-8-4-7-16(13-17)20(28)26-11-9-24-10-12-26/h1-8,13,24-25H,9-12,14H2/p+1. The number of nitrogens with one attached hydrogen (secondary N) is 1. The van der Waals surface area contributed by atoms with Crippen molar-refractivity contribution in [1.82, 2.24) is 9.80 Å². The molecule has 2 aromatic rings. The van der Waals surface area contributed by atoms with Crippen molar-refractivity contribution in [1.29, 1.82) is 0 Å². The Kier molecular flexibility index (Phi) is 5.83. The average molecular weight is 426 g/mol. The molecular formula is C22H22ClN4O3+. The highest BCUT2D eigenvalue weighted by atomic mass is 35.5. The van der Waals surface area contributed by atoms with Crippen LogP contribution in [0.25, 0.3) is 0 Å². The molecule has 2 heterocycles. The Labute approximate surface area is 179 Å². The van der Waals surface area contributed by atoms with Crippen molar-refractivity contribution in [3.63, 3.8) is 0 Å². The van der Waals surface area contributed by atoms with Crippen LogP contribution in [0.4, 0.5) is 5.69 Å². The van der Waals surface area contributed by atoms with Crippen LogP contribution in [0.15, 0.2) is 65.3 Å². The molecule has 154 valence electrons. The third kappa shape index (κ3) is 4.08. The molecule has 0 radical (unpaired) electrons. The minimum atomic E-state index is -0.537. The van der Waals surface area contributed by atoms with E-state index in [1.54, 1.807) is 24.3 Å². The molecule has 0 spiro atoms. The van der Waals surface area contributed by atoms with E-state index in [2.05, 4.69) is 10.6 Å². The molecule has 3 amide bonds. The van der Waals surface area contributed by atoms with Gasteiger partial charge in [0, 0.05) is 11.3 Å². The number of hydrogen-bond donors (Lipinski definition) is 2. The molecule has 30 heavy (non-hydrogen) atoms. The van der Waals surface area contributed by atoms with Gasteiger partial charge in [0.15, 0.2) is 0 Å². The second-order valence-electron chi connectivity index (χ2n) is 7.24. The average Bonchev–Trinajstić information content (AvgIpc) is 2.98. The number of carbonyl (C=O) groups excluding carboxylic acids is 3. The molecule has 0 bridgehead atoms. The summed E-state index contributed by atoms with van der Waals surface area (Å²) in [6, 6.07) is 16.1. The van der Waals surface area contributed by atoms with Gasteiger partial charge in [-0.15, -0.1) is 0 Å². The minimum absolute atomic E-state index is 0.0229. The molecule has 4 rings (SSSR count). The first-order chi connectivity index (χ1) is 14.5. The minimum Gasteiger partial charge on any atom is -0.350 e. The number of benzene rings is 2. The summed E-state index contributed by atoms with van der Waals surface area (Å²) in [5.74, 6) is -1.08. The molecule has 1 fully saturated rings. The predicted octanol–water partition coefficient (Wildman–Crippen LogP) is 1.14. The number of anilines is 1. The first-order valence-corrected chi connectivity index (χ1v) is 10.2. The Morgan fingerprint density at radius 3 is 2.47 bits per heavy atom. The molecule has 2 aliphatic rings. The van der Waals surface area contributed by atoms with Crippen molar-refractivity contribution < 1.29 is 19.7 Å². The van der Waals surface area contributed by atoms with E-state index >= 15 is 0 Å². The lowest BCUT2D eigenvalue weighted by molar-refractivity contribution is -0.661. The summed E-state index contributed by atoms with van der Waals surface area (Å²) in [5, 5.41) is 4.97. The van der Waals surface area contributed by atoms with E-state index in [9.17, 15) is 14.4 Å². The lowest BCUT2D eigenvalue weighted by atomic mass is 10.1. The zero-order chi connectivity index (χ0) is 21.1. The number of rotatable bonds is 5. The van der Waals surface area contributed by atoms with Gasteiger partial charge in [-0.2, -0.15) is 0 Å². The van der Waals surface area contributed by atoms with E-state index in [0.717, 1.165) is 23.6 Å². The number of amides is 3. The molecule has 0 saturated carbocycles. The zero-order valence-corrected chi connectivity index (χ0v) is 17.1. The monoisotopic (exact) mass is 425 g/mol. The second kappa shape index (κ2) is 8.69. The Morgan fingerprint density at radius 2 is 1.73 bits per heavy atom. The Morgan fingerprint density at radius 1 is 1.00 bits per heavy atom. The fourth-order valence-corrected chi connectivity index (χ4v) is 3.80. The van der Waals surface area contributed by atoms with E-state index in [1.165, 1.54) is 0 Å². The number of halogens is 1. The van der Waals surface area contributed by atoms with Crippen LogP contribution in [-0.2, 0) is 16.1 Å². The van der Waals surface area contributed by atoms with Crippen molar-refractivity contribution in [2.75, 3.05) is 31.5 Å². The SMILES string of the molecule is O=C(c1cccc(NC2=C(Cl)C(=O)N(Cc3ccccc3)C2=O)c1)N1CC[NH2+]CC1. The summed E-state index contributed by atoms with van der Waals surface area (Å²) in [6.07, 6.45) is 0. The van der Waals surface area contributed by atoms with Crippen molar-refractivity contribution in [3.8, 4) is 0 Å². The Balaban J connectivity index is 1.50. The molecule has 3 N–H and O–H groups in total. The van der Waals surface area contributed by atoms with Crippen molar-refractivity contribution >= 4 is 35.0 Å². The molecule has 2 aromatic carbocycles. The van der Waals surface area contributed by atoms with Gasteiger partial charge >= 0.3 is 0 Å². The van der Waals surface area contributed by atoms with Gasteiger partial charge < -0.3 is 15.5 Å². The number of hydrogen-bond acceptors (Lipinski definition) is 4. The molecule has 0 aromatic heterocycles. The van der Waals surface area contributed by atoms with Crippen LogP contribution < -0.4 is 10.6 Å². The molecular weight excluding hydrogens is 404 g/mol. The van der Waals surface area contributed by atoms with Gasteiger partial charge in [-0.3, -0.25) is 19.3 Å². The highest BCUT2D eigenvalue weighted by Gasteiger charge is 2.37. The van der Waals surface area contributed by atoms with Gasteiger partial charge in [0.1, 0.15) is 10.7 Å². The summed E-state index contributed by atoms with van der Waals surface area (Å²) >= 11 is 6.18. The van der Waals surface area contributed by atoms with Gasteiger partial charge in [0.25, 0.3) is 17.7 Å². The number of nitrogens with zero attached hydrogens (tertiary/aromatic N) is 2. The normalized spacial score (nSPS) is 17.0. The van der Waals surface area contributed by atoms with Crippen LogP contribution in [0.1, 0.15) is 15.9 Å². The lowest BCUT2D eigenvalue weighted by Crippen LogP contribution is -2.89. The third-order valence-electron chi connectivity index (χ3n) is 5.17. The maximum Gasteiger partial charge on any atom is 0.279 e. The Hall–Kier alpha value is -3.16. The third-order valence-corrected chi connectivity index (χ3v) is 5.52. The molecule has 0 aliphatic carbocycles. The van der Waals surface area contributed by atoms with Crippen LogP contribution >= 0.6 is 11.6 Å². The summed E-state index contributed by atoms with van der Waals surface area (Å²) in [4.78, 5) is 41.0. The van der Waals surface area contributed by atoms with E-state index in [0.29, 0.717) is 24.3 Å². The van der Waals surface area contributed by atoms with Crippen LogP contribution in [0.5, 0.6) is 0 Å². The summed E-state index contributed by atoms with van der Waals surface area (Å²) < 4.78 is 0. The van der Waals surface area contributed by atoms with Crippen molar-refractivity contribution in [3.05, 3.63) is 76.5 Å². The maximum atomic E-state index is 12.8. The van der Waals surface area contributed by atoms with Gasteiger partial charge in [-0.05, 0) is 23.8 Å². The number of carbonyl (C=O) groups is 3. The lowest BCUT2D eigenvalue weighted by Gasteiger charge is -2.25. The first kappa shape index (κ1) is 20.1. The van der Waals surface area contributed by atoms with Crippen molar-refractivity contribution in [2.45, 2.75) is 6.54 Å². The van der Waals surface area contributed by atoms with Crippen molar-refractivity contribution in [2.24, 2.45) is 0 Å². The number of piperazine rings is 1. The highest BCUT2D eigenvalue weighted by molar-refractivity contribution is 6.48. The van der Waals surface area contributed by atoms with Gasteiger partial charge in [-0.25, -0.2) is 0 Å². The molecule has 1 saturated heterocycles. The number of quaternary nitrogens is 1. The fourth-order valence-electron chi connectivity index (χ4n) is 3.57.